The van der Waals surface area contributed by atoms with E-state index in [2.05, 4.69) is 21.9 Å². The molecule has 0 saturated heterocycles. The number of hydrazine groups is 1. The van der Waals surface area contributed by atoms with E-state index < -0.39 is 0 Å². The van der Waals surface area contributed by atoms with Gasteiger partial charge in [0.2, 0.25) is 0 Å². The first-order chi connectivity index (χ1) is 7.86. The van der Waals surface area contributed by atoms with E-state index in [1.165, 1.54) is 17.1 Å². The van der Waals surface area contributed by atoms with Crippen molar-refractivity contribution in [3.8, 4) is 0 Å². The van der Waals surface area contributed by atoms with Gasteiger partial charge in [0.15, 0.2) is 0 Å². The molecule has 1 aliphatic heterocycles. The molecule has 5 nitrogen and oxygen atoms in total. The van der Waals surface area contributed by atoms with Crippen LogP contribution in [0.4, 0.5) is 0 Å². The summed E-state index contributed by atoms with van der Waals surface area (Å²) in [6.45, 7) is 2.86. The van der Waals surface area contributed by atoms with Gasteiger partial charge in [-0.1, -0.05) is 11.4 Å². The van der Waals surface area contributed by atoms with Crippen LogP contribution in [0.3, 0.4) is 0 Å². The minimum absolute atomic E-state index is 0.00440. The highest BCUT2D eigenvalue weighted by molar-refractivity contribution is 7.05. The summed E-state index contributed by atoms with van der Waals surface area (Å²) in [5.74, 6) is 5.62. The van der Waals surface area contributed by atoms with Gasteiger partial charge in [-0.25, -0.2) is 5.43 Å². The highest BCUT2D eigenvalue weighted by Crippen LogP contribution is 2.30. The van der Waals surface area contributed by atoms with Crippen molar-refractivity contribution in [2.75, 3.05) is 6.61 Å². The average Bonchev–Trinajstić information content (AvgIpc) is 2.80. The number of ether oxygens (including phenoxy) is 1. The molecule has 0 aliphatic carbocycles. The summed E-state index contributed by atoms with van der Waals surface area (Å²) in [6.07, 6.45) is 4.74. The summed E-state index contributed by atoms with van der Waals surface area (Å²) in [6, 6.07) is -0.00440. The minimum Gasteiger partial charge on any atom is -0.501 e. The summed E-state index contributed by atoms with van der Waals surface area (Å²) in [4.78, 5) is 1.10. The Morgan fingerprint density at radius 3 is 3.19 bits per heavy atom. The third-order valence-corrected chi connectivity index (χ3v) is 3.51. The van der Waals surface area contributed by atoms with Gasteiger partial charge in [0.25, 0.3) is 0 Å². The van der Waals surface area contributed by atoms with Crippen molar-refractivity contribution in [1.29, 1.82) is 0 Å². The molecule has 1 unspecified atom stereocenters. The van der Waals surface area contributed by atoms with Crippen LogP contribution in [0.5, 0.6) is 0 Å². The zero-order valence-electron chi connectivity index (χ0n) is 9.27. The summed E-state index contributed by atoms with van der Waals surface area (Å²) in [5.41, 5.74) is 5.02. The van der Waals surface area contributed by atoms with E-state index in [1.807, 2.05) is 6.26 Å². The molecule has 0 saturated carbocycles. The molecule has 3 N–H and O–H groups in total. The molecule has 0 spiro atoms. The second-order valence-electron chi connectivity index (χ2n) is 3.70. The van der Waals surface area contributed by atoms with E-state index in [0.29, 0.717) is 0 Å². The van der Waals surface area contributed by atoms with Crippen molar-refractivity contribution in [2.45, 2.75) is 32.2 Å². The molecule has 0 fully saturated rings. The van der Waals surface area contributed by atoms with Gasteiger partial charge in [-0.2, -0.15) is 0 Å². The minimum atomic E-state index is -0.00440. The number of nitrogens with one attached hydrogen (secondary N) is 1. The number of rotatable bonds is 4. The molecule has 2 heterocycles. The van der Waals surface area contributed by atoms with E-state index in [9.17, 15) is 0 Å². The Morgan fingerprint density at radius 1 is 1.69 bits per heavy atom. The van der Waals surface area contributed by atoms with Crippen LogP contribution in [0.15, 0.2) is 11.8 Å². The molecule has 0 radical (unpaired) electrons. The molecule has 0 amide bonds. The van der Waals surface area contributed by atoms with Crippen LogP contribution in [0.1, 0.15) is 36.4 Å². The van der Waals surface area contributed by atoms with Crippen LogP contribution in [-0.4, -0.2) is 16.2 Å². The fourth-order valence-corrected chi connectivity index (χ4v) is 2.67. The van der Waals surface area contributed by atoms with Crippen LogP contribution >= 0.6 is 11.5 Å². The van der Waals surface area contributed by atoms with Crippen molar-refractivity contribution >= 4 is 11.5 Å². The second kappa shape index (κ2) is 5.38. The van der Waals surface area contributed by atoms with Crippen molar-refractivity contribution in [2.24, 2.45) is 5.84 Å². The van der Waals surface area contributed by atoms with E-state index in [0.717, 1.165) is 36.4 Å². The molecule has 1 aliphatic rings. The Labute approximate surface area is 98.8 Å². The maximum atomic E-state index is 5.62. The standard InChI is InChI=1S/C10H16N4OS/c1-2-8-10(16-14-13-8)9(12-11)7-4-3-5-15-6-7/h6,9,12H,2-5,11H2,1H3. The molecule has 1 aromatic rings. The van der Waals surface area contributed by atoms with Gasteiger partial charge in [-0.15, -0.1) is 5.10 Å². The zero-order valence-corrected chi connectivity index (χ0v) is 10.1. The number of aromatic nitrogens is 2. The van der Waals surface area contributed by atoms with Gasteiger partial charge in [0.05, 0.1) is 29.5 Å². The Morgan fingerprint density at radius 2 is 2.56 bits per heavy atom. The van der Waals surface area contributed by atoms with Gasteiger partial charge >= 0.3 is 0 Å². The van der Waals surface area contributed by atoms with Crippen molar-refractivity contribution in [3.63, 3.8) is 0 Å². The van der Waals surface area contributed by atoms with E-state index in [1.54, 1.807) is 0 Å². The van der Waals surface area contributed by atoms with Crippen LogP contribution < -0.4 is 11.3 Å². The van der Waals surface area contributed by atoms with E-state index in [-0.39, 0.29) is 6.04 Å². The van der Waals surface area contributed by atoms with Crippen molar-refractivity contribution in [3.05, 3.63) is 22.4 Å². The third-order valence-electron chi connectivity index (χ3n) is 2.68. The van der Waals surface area contributed by atoms with Gasteiger partial charge in [0.1, 0.15) is 0 Å². The third kappa shape index (κ3) is 2.23. The molecule has 1 atom stereocenters. The predicted octanol–water partition coefficient (Wildman–Crippen LogP) is 1.30. The van der Waals surface area contributed by atoms with Crippen molar-refractivity contribution < 1.29 is 4.74 Å². The van der Waals surface area contributed by atoms with Gasteiger partial charge < -0.3 is 4.74 Å². The number of hydrogen-bond acceptors (Lipinski definition) is 6. The zero-order chi connectivity index (χ0) is 11.4. The lowest BCUT2D eigenvalue weighted by molar-refractivity contribution is 0.219. The van der Waals surface area contributed by atoms with Gasteiger partial charge in [-0.3, -0.25) is 5.84 Å². The topological polar surface area (TPSA) is 73.1 Å². The van der Waals surface area contributed by atoms with E-state index >= 15 is 0 Å². The number of nitrogens with zero attached hydrogens (tertiary/aromatic N) is 2. The summed E-state index contributed by atoms with van der Waals surface area (Å²) < 4.78 is 9.33. The lowest BCUT2D eigenvalue weighted by Gasteiger charge is -2.21. The number of nitrogens with two attached hydrogens (primary N) is 1. The van der Waals surface area contributed by atoms with Gasteiger partial charge in [-0.05, 0) is 36.4 Å². The molecule has 0 bridgehead atoms. The molecular weight excluding hydrogens is 224 g/mol. The van der Waals surface area contributed by atoms with E-state index in [4.69, 9.17) is 10.6 Å². The van der Waals surface area contributed by atoms with Crippen LogP contribution in [0.25, 0.3) is 0 Å². The maximum Gasteiger partial charge on any atom is 0.0876 e. The molecular formula is C10H16N4OS. The largest absolute Gasteiger partial charge is 0.501 e. The monoisotopic (exact) mass is 240 g/mol. The Bertz CT molecular complexity index is 377. The lowest BCUT2D eigenvalue weighted by atomic mass is 10.00. The first-order valence-electron chi connectivity index (χ1n) is 5.44. The van der Waals surface area contributed by atoms with Gasteiger partial charge in [0, 0.05) is 0 Å². The number of aryl methyl sites for hydroxylation is 1. The Hall–Kier alpha value is -0.980. The lowest BCUT2D eigenvalue weighted by Crippen LogP contribution is -2.30. The maximum absolute atomic E-state index is 5.62. The molecule has 88 valence electrons. The Balaban J connectivity index is 2.24. The second-order valence-corrected chi connectivity index (χ2v) is 4.49. The molecule has 0 aromatic carbocycles. The smallest absolute Gasteiger partial charge is 0.0876 e. The highest BCUT2D eigenvalue weighted by atomic mass is 32.1. The summed E-state index contributed by atoms with van der Waals surface area (Å²) >= 11 is 1.40. The van der Waals surface area contributed by atoms with Crippen molar-refractivity contribution in [1.82, 2.24) is 15.0 Å². The Kier molecular flexibility index (Phi) is 3.87. The van der Waals surface area contributed by atoms with Crippen LogP contribution in [0.2, 0.25) is 0 Å². The average molecular weight is 240 g/mol. The SMILES string of the molecule is CCc1nnsc1C(NN)C1=COCCC1. The summed E-state index contributed by atoms with van der Waals surface area (Å²) in [7, 11) is 0. The predicted molar refractivity (Wildman–Crippen MR) is 62.6 cm³/mol. The van der Waals surface area contributed by atoms with Crippen LogP contribution in [0, 0.1) is 0 Å². The molecule has 6 heteroatoms. The first-order valence-corrected chi connectivity index (χ1v) is 6.22. The fraction of sp³-hybridized carbons (Fsp3) is 0.600. The van der Waals surface area contributed by atoms with Crippen LogP contribution in [-0.2, 0) is 11.2 Å². The highest BCUT2D eigenvalue weighted by Gasteiger charge is 2.22. The first kappa shape index (κ1) is 11.5. The fourth-order valence-electron chi connectivity index (χ4n) is 1.83. The molecule has 1 aromatic heterocycles. The molecule has 2 rings (SSSR count). The molecule has 16 heavy (non-hydrogen) atoms. The normalized spacial score (nSPS) is 17.8. The number of hydrogen-bond donors (Lipinski definition) is 2. The summed E-state index contributed by atoms with van der Waals surface area (Å²) in [5, 5.41) is 4.10. The quantitative estimate of drug-likeness (QED) is 0.613.